The van der Waals surface area contributed by atoms with Gasteiger partial charge in [0.2, 0.25) is 0 Å². The van der Waals surface area contributed by atoms with Gasteiger partial charge in [0, 0.05) is 6.61 Å². The molecule has 0 aromatic heterocycles. The van der Waals surface area contributed by atoms with Gasteiger partial charge in [0.25, 0.3) is 0 Å². The van der Waals surface area contributed by atoms with E-state index in [1.54, 1.807) is 12.1 Å². The van der Waals surface area contributed by atoms with Gasteiger partial charge in [-0.2, -0.15) is 0 Å². The summed E-state index contributed by atoms with van der Waals surface area (Å²) in [7, 11) is 0. The van der Waals surface area contributed by atoms with Crippen LogP contribution in [0.3, 0.4) is 0 Å². The fourth-order valence-corrected chi connectivity index (χ4v) is 2.42. The van der Waals surface area contributed by atoms with Crippen molar-refractivity contribution in [2.75, 3.05) is 13.2 Å². The Morgan fingerprint density at radius 1 is 1.37 bits per heavy atom. The van der Waals surface area contributed by atoms with E-state index in [0.29, 0.717) is 12.2 Å². The van der Waals surface area contributed by atoms with Crippen molar-refractivity contribution < 1.29 is 19.4 Å². The first-order chi connectivity index (χ1) is 9.08. The van der Waals surface area contributed by atoms with Crippen molar-refractivity contribution in [1.82, 2.24) is 0 Å². The van der Waals surface area contributed by atoms with Gasteiger partial charge in [-0.25, -0.2) is 4.79 Å². The number of rotatable bonds is 4. The standard InChI is InChI=1S/C15H20O4/c1-10-7-12(15(16)17)8-11(2)14(10)19-9-13-5-3-4-6-18-13/h7-8,13H,3-6,9H2,1-2H3,(H,16,17). The lowest BCUT2D eigenvalue weighted by Crippen LogP contribution is -2.26. The van der Waals surface area contributed by atoms with E-state index in [1.807, 2.05) is 13.8 Å². The summed E-state index contributed by atoms with van der Waals surface area (Å²) in [6, 6.07) is 3.29. The van der Waals surface area contributed by atoms with Gasteiger partial charge in [0.1, 0.15) is 12.4 Å². The average Bonchev–Trinajstić information content (AvgIpc) is 2.38. The highest BCUT2D eigenvalue weighted by Crippen LogP contribution is 2.26. The molecular formula is C15H20O4. The van der Waals surface area contributed by atoms with Crippen LogP contribution >= 0.6 is 0 Å². The van der Waals surface area contributed by atoms with Crippen LogP contribution in [-0.4, -0.2) is 30.4 Å². The summed E-state index contributed by atoms with van der Waals surface area (Å²) in [6.07, 6.45) is 3.50. The highest BCUT2D eigenvalue weighted by atomic mass is 16.5. The molecule has 1 aromatic carbocycles. The van der Waals surface area contributed by atoms with Gasteiger partial charge in [-0.05, 0) is 56.4 Å². The fraction of sp³-hybridized carbons (Fsp3) is 0.533. The number of hydrogen-bond acceptors (Lipinski definition) is 3. The van der Waals surface area contributed by atoms with Crippen molar-refractivity contribution in [3.8, 4) is 5.75 Å². The third-order valence-corrected chi connectivity index (χ3v) is 3.39. The Kier molecular flexibility index (Phi) is 4.43. The molecule has 1 unspecified atom stereocenters. The summed E-state index contributed by atoms with van der Waals surface area (Å²) in [5, 5.41) is 9.00. The molecule has 1 N–H and O–H groups in total. The van der Waals surface area contributed by atoms with Crippen molar-refractivity contribution in [3.63, 3.8) is 0 Å². The molecule has 1 heterocycles. The first kappa shape index (κ1) is 13.9. The van der Waals surface area contributed by atoms with Gasteiger partial charge >= 0.3 is 5.97 Å². The van der Waals surface area contributed by atoms with Gasteiger partial charge in [-0.3, -0.25) is 0 Å². The number of carbonyl (C=O) groups is 1. The third kappa shape index (κ3) is 3.47. The number of aromatic carboxylic acids is 1. The van der Waals surface area contributed by atoms with Gasteiger partial charge < -0.3 is 14.6 Å². The molecule has 1 aromatic rings. The second-order valence-corrected chi connectivity index (χ2v) is 5.04. The molecule has 0 bridgehead atoms. The van der Waals surface area contributed by atoms with Crippen LogP contribution in [0.2, 0.25) is 0 Å². The number of carboxylic acids is 1. The normalized spacial score (nSPS) is 19.2. The molecule has 1 aliphatic rings. The molecule has 0 radical (unpaired) electrons. The number of hydrogen-bond donors (Lipinski definition) is 1. The van der Waals surface area contributed by atoms with Crippen LogP contribution < -0.4 is 4.74 Å². The first-order valence-electron chi connectivity index (χ1n) is 6.67. The van der Waals surface area contributed by atoms with Crippen molar-refractivity contribution in [2.24, 2.45) is 0 Å². The Balaban J connectivity index is 2.05. The maximum absolute atomic E-state index is 11.0. The lowest BCUT2D eigenvalue weighted by atomic mass is 10.1. The fourth-order valence-electron chi connectivity index (χ4n) is 2.42. The van der Waals surface area contributed by atoms with E-state index >= 15 is 0 Å². The van der Waals surface area contributed by atoms with Crippen molar-refractivity contribution in [3.05, 3.63) is 28.8 Å². The van der Waals surface area contributed by atoms with E-state index in [1.165, 1.54) is 6.42 Å². The maximum atomic E-state index is 11.0. The Bertz CT molecular complexity index is 438. The van der Waals surface area contributed by atoms with Crippen LogP contribution in [0.25, 0.3) is 0 Å². The van der Waals surface area contributed by atoms with E-state index < -0.39 is 5.97 Å². The minimum Gasteiger partial charge on any atom is -0.490 e. The van der Waals surface area contributed by atoms with Crippen LogP contribution in [0.5, 0.6) is 5.75 Å². The van der Waals surface area contributed by atoms with E-state index in [4.69, 9.17) is 14.6 Å². The zero-order chi connectivity index (χ0) is 13.8. The molecule has 1 aliphatic heterocycles. The predicted molar refractivity (Wildman–Crippen MR) is 72.0 cm³/mol. The number of ether oxygens (including phenoxy) is 2. The highest BCUT2D eigenvalue weighted by molar-refractivity contribution is 5.88. The Morgan fingerprint density at radius 2 is 2.05 bits per heavy atom. The lowest BCUT2D eigenvalue weighted by Gasteiger charge is -2.23. The predicted octanol–water partition coefficient (Wildman–Crippen LogP) is 2.95. The van der Waals surface area contributed by atoms with Gasteiger partial charge in [0.15, 0.2) is 0 Å². The lowest BCUT2D eigenvalue weighted by molar-refractivity contribution is -0.0113. The summed E-state index contributed by atoms with van der Waals surface area (Å²) >= 11 is 0. The summed E-state index contributed by atoms with van der Waals surface area (Å²) in [5.41, 5.74) is 2.01. The highest BCUT2D eigenvalue weighted by Gasteiger charge is 2.16. The van der Waals surface area contributed by atoms with Crippen LogP contribution in [0.4, 0.5) is 0 Å². The Labute approximate surface area is 113 Å². The van der Waals surface area contributed by atoms with Gasteiger partial charge in [-0.1, -0.05) is 0 Å². The summed E-state index contributed by atoms with van der Waals surface area (Å²) in [4.78, 5) is 11.0. The minimum absolute atomic E-state index is 0.159. The smallest absolute Gasteiger partial charge is 0.335 e. The van der Waals surface area contributed by atoms with Crippen LogP contribution in [0, 0.1) is 13.8 Å². The molecule has 0 spiro atoms. The molecule has 0 saturated carbocycles. The van der Waals surface area contributed by atoms with Crippen LogP contribution in [0.15, 0.2) is 12.1 Å². The number of aryl methyl sites for hydroxylation is 2. The van der Waals surface area contributed by atoms with Crippen LogP contribution in [-0.2, 0) is 4.74 Å². The Hall–Kier alpha value is -1.55. The largest absolute Gasteiger partial charge is 0.490 e. The molecule has 4 nitrogen and oxygen atoms in total. The zero-order valence-corrected chi connectivity index (χ0v) is 11.4. The summed E-state index contributed by atoms with van der Waals surface area (Å²) < 4.78 is 11.4. The molecule has 2 rings (SSSR count). The van der Waals surface area contributed by atoms with Gasteiger partial charge in [-0.15, -0.1) is 0 Å². The summed E-state index contributed by atoms with van der Waals surface area (Å²) in [5.74, 6) is -0.132. The second kappa shape index (κ2) is 6.06. The third-order valence-electron chi connectivity index (χ3n) is 3.39. The number of benzene rings is 1. The van der Waals surface area contributed by atoms with E-state index in [2.05, 4.69) is 0 Å². The molecule has 104 valence electrons. The van der Waals surface area contributed by atoms with Crippen molar-refractivity contribution >= 4 is 5.97 Å². The Morgan fingerprint density at radius 3 is 2.58 bits per heavy atom. The average molecular weight is 264 g/mol. The maximum Gasteiger partial charge on any atom is 0.335 e. The molecule has 4 heteroatoms. The van der Waals surface area contributed by atoms with Crippen LogP contribution in [0.1, 0.15) is 40.7 Å². The molecule has 0 amide bonds. The van der Waals surface area contributed by atoms with Gasteiger partial charge in [0.05, 0.1) is 11.7 Å². The SMILES string of the molecule is Cc1cc(C(=O)O)cc(C)c1OCC1CCCCO1. The summed E-state index contributed by atoms with van der Waals surface area (Å²) in [6.45, 7) is 5.09. The first-order valence-corrected chi connectivity index (χ1v) is 6.67. The van der Waals surface area contributed by atoms with E-state index in [-0.39, 0.29) is 6.10 Å². The van der Waals surface area contributed by atoms with Crippen molar-refractivity contribution in [2.45, 2.75) is 39.2 Å². The molecule has 1 saturated heterocycles. The number of carboxylic acid groups (broad SMARTS) is 1. The van der Waals surface area contributed by atoms with E-state index in [9.17, 15) is 4.79 Å². The molecular weight excluding hydrogens is 244 g/mol. The zero-order valence-electron chi connectivity index (χ0n) is 11.4. The molecule has 1 atom stereocenters. The molecule has 19 heavy (non-hydrogen) atoms. The molecule has 0 aliphatic carbocycles. The second-order valence-electron chi connectivity index (χ2n) is 5.04. The topological polar surface area (TPSA) is 55.8 Å². The monoisotopic (exact) mass is 264 g/mol. The van der Waals surface area contributed by atoms with E-state index in [0.717, 1.165) is 36.3 Å². The quantitative estimate of drug-likeness (QED) is 0.908. The van der Waals surface area contributed by atoms with Crippen molar-refractivity contribution in [1.29, 1.82) is 0 Å². The molecule has 1 fully saturated rings. The minimum atomic E-state index is -0.909.